The summed E-state index contributed by atoms with van der Waals surface area (Å²) in [4.78, 5) is 5.87. The summed E-state index contributed by atoms with van der Waals surface area (Å²) in [7, 11) is 0. The molecule has 0 aliphatic carbocycles. The van der Waals surface area contributed by atoms with E-state index < -0.39 is 0 Å². The first-order valence-corrected chi connectivity index (χ1v) is 9.55. The molecule has 0 saturated heterocycles. The van der Waals surface area contributed by atoms with Crippen molar-refractivity contribution in [3.63, 3.8) is 0 Å². The summed E-state index contributed by atoms with van der Waals surface area (Å²) in [5.74, 6) is 0. The van der Waals surface area contributed by atoms with Gasteiger partial charge in [-0.3, -0.25) is 4.98 Å². The van der Waals surface area contributed by atoms with E-state index in [1.807, 2.05) is 35.1 Å². The Balaban J connectivity index is 1.92. The van der Waals surface area contributed by atoms with Gasteiger partial charge >= 0.3 is 0 Å². The molecule has 0 fully saturated rings. The van der Waals surface area contributed by atoms with Crippen LogP contribution in [-0.4, -0.2) is 14.8 Å². The molecule has 0 N–H and O–H groups in total. The summed E-state index contributed by atoms with van der Waals surface area (Å²) in [5, 5.41) is 9.28. The molecule has 0 saturated carbocycles. The molecule has 0 aliphatic rings. The van der Waals surface area contributed by atoms with Gasteiger partial charge in [-0.1, -0.05) is 46.3 Å². The van der Waals surface area contributed by atoms with Crippen LogP contribution in [0, 0.1) is 0 Å². The van der Waals surface area contributed by atoms with Crippen LogP contribution in [0.15, 0.2) is 76.7 Å². The van der Waals surface area contributed by atoms with Gasteiger partial charge in [0, 0.05) is 21.4 Å². The second kappa shape index (κ2) is 5.79. The van der Waals surface area contributed by atoms with Gasteiger partial charge in [0.2, 0.25) is 0 Å². The van der Waals surface area contributed by atoms with Crippen molar-refractivity contribution < 1.29 is 0 Å². The fraction of sp³-hybridized carbons (Fsp3) is 0. The molecule has 0 bridgehead atoms. The second-order valence-electron chi connectivity index (χ2n) is 5.76. The van der Waals surface area contributed by atoms with Gasteiger partial charge in [0.05, 0.1) is 10.6 Å². The van der Waals surface area contributed by atoms with Crippen LogP contribution in [0.2, 0.25) is 0 Å². The number of benzene rings is 2. The topological polar surface area (TPSA) is 30.7 Å². The Labute approximate surface area is 156 Å². The van der Waals surface area contributed by atoms with Crippen molar-refractivity contribution in [1.29, 1.82) is 0 Å². The van der Waals surface area contributed by atoms with E-state index in [0.717, 1.165) is 42.5 Å². The van der Waals surface area contributed by atoms with Crippen LogP contribution >= 0.6 is 27.3 Å². The van der Waals surface area contributed by atoms with Crippen LogP contribution in [0.25, 0.3) is 38.1 Å². The van der Waals surface area contributed by atoms with E-state index in [9.17, 15) is 0 Å². The molecule has 25 heavy (non-hydrogen) atoms. The van der Waals surface area contributed by atoms with E-state index in [2.05, 4.69) is 57.7 Å². The minimum Gasteiger partial charge on any atom is -0.252 e. The van der Waals surface area contributed by atoms with Gasteiger partial charge in [0.25, 0.3) is 0 Å². The summed E-state index contributed by atoms with van der Waals surface area (Å²) < 4.78 is 3.06. The van der Waals surface area contributed by atoms with Gasteiger partial charge in [-0.2, -0.15) is 5.10 Å². The highest BCUT2D eigenvalue weighted by Crippen LogP contribution is 2.34. The van der Waals surface area contributed by atoms with Gasteiger partial charge in [-0.15, -0.1) is 11.3 Å². The van der Waals surface area contributed by atoms with Crippen molar-refractivity contribution in [1.82, 2.24) is 14.8 Å². The van der Waals surface area contributed by atoms with E-state index in [1.54, 1.807) is 11.3 Å². The second-order valence-corrected chi connectivity index (χ2v) is 7.62. The number of rotatable bonds is 2. The minimum absolute atomic E-state index is 0.929. The molecule has 0 unspecified atom stereocenters. The number of pyridine rings is 1. The van der Waals surface area contributed by atoms with Crippen molar-refractivity contribution in [3.05, 3.63) is 76.7 Å². The highest BCUT2D eigenvalue weighted by atomic mass is 79.9. The Hall–Kier alpha value is -2.50. The monoisotopic (exact) mass is 405 g/mol. The summed E-state index contributed by atoms with van der Waals surface area (Å²) in [6.07, 6.45) is 1.93. The molecule has 3 aromatic heterocycles. The molecular formula is C20H12BrN3S. The van der Waals surface area contributed by atoms with Crippen LogP contribution in [0.4, 0.5) is 0 Å². The third-order valence-electron chi connectivity index (χ3n) is 4.23. The van der Waals surface area contributed by atoms with Crippen LogP contribution in [0.5, 0.6) is 0 Å². The molecule has 5 heteroatoms. The molecular weight excluding hydrogens is 394 g/mol. The quantitative estimate of drug-likeness (QED) is 0.357. The third kappa shape index (κ3) is 2.39. The predicted molar refractivity (Wildman–Crippen MR) is 107 cm³/mol. The lowest BCUT2D eigenvalue weighted by atomic mass is 10.1. The fourth-order valence-electron chi connectivity index (χ4n) is 3.08. The Morgan fingerprint density at radius 3 is 2.56 bits per heavy atom. The predicted octanol–water partition coefficient (Wildman–Crippen LogP) is 6.06. The lowest BCUT2D eigenvalue weighted by Gasteiger charge is -2.06. The number of aromatic nitrogens is 3. The molecule has 0 aliphatic heterocycles. The Morgan fingerprint density at radius 1 is 0.920 bits per heavy atom. The van der Waals surface area contributed by atoms with Crippen molar-refractivity contribution in [3.8, 4) is 16.3 Å². The zero-order chi connectivity index (χ0) is 16.8. The van der Waals surface area contributed by atoms with Gasteiger partial charge in [-0.25, -0.2) is 4.68 Å². The number of thiophene rings is 1. The summed E-state index contributed by atoms with van der Waals surface area (Å²) >= 11 is 5.19. The zero-order valence-corrected chi connectivity index (χ0v) is 15.5. The summed E-state index contributed by atoms with van der Waals surface area (Å²) in [5.41, 5.74) is 3.93. The third-order valence-corrected chi connectivity index (χ3v) is 5.64. The Morgan fingerprint density at radius 2 is 1.76 bits per heavy atom. The number of fused-ring (bicyclic) bond motifs is 3. The maximum Gasteiger partial charge on any atom is 0.129 e. The van der Waals surface area contributed by atoms with E-state index in [-0.39, 0.29) is 0 Å². The summed E-state index contributed by atoms with van der Waals surface area (Å²) in [6, 6.07) is 20.7. The molecule has 0 spiro atoms. The fourth-order valence-corrected chi connectivity index (χ4v) is 4.06. The molecule has 2 aromatic carbocycles. The molecule has 0 amide bonds. The van der Waals surface area contributed by atoms with Crippen LogP contribution in [0.3, 0.4) is 0 Å². The van der Waals surface area contributed by atoms with Crippen molar-refractivity contribution in [2.75, 3.05) is 0 Å². The lowest BCUT2D eigenvalue weighted by molar-refractivity contribution is 0.918. The molecule has 120 valence electrons. The van der Waals surface area contributed by atoms with E-state index >= 15 is 0 Å². The van der Waals surface area contributed by atoms with Crippen molar-refractivity contribution >= 4 is 49.1 Å². The number of nitrogens with zero attached hydrogens (tertiary/aromatic N) is 3. The molecule has 3 heterocycles. The van der Waals surface area contributed by atoms with Crippen molar-refractivity contribution in [2.24, 2.45) is 0 Å². The average Bonchev–Trinajstić information content (AvgIpc) is 3.30. The number of hydrogen-bond donors (Lipinski definition) is 0. The van der Waals surface area contributed by atoms with Crippen LogP contribution in [0.1, 0.15) is 0 Å². The Bertz CT molecular complexity index is 1190. The highest BCUT2D eigenvalue weighted by Gasteiger charge is 2.17. The maximum absolute atomic E-state index is 4.93. The number of halogens is 1. The zero-order valence-electron chi connectivity index (χ0n) is 13.1. The first-order chi connectivity index (χ1) is 12.3. The average molecular weight is 406 g/mol. The summed E-state index contributed by atoms with van der Waals surface area (Å²) in [6.45, 7) is 0. The van der Waals surface area contributed by atoms with Gasteiger partial charge in [-0.05, 0) is 35.7 Å². The smallest absolute Gasteiger partial charge is 0.129 e. The maximum atomic E-state index is 4.93. The standard InChI is InChI=1S/C20H12BrN3S/c21-14-7-9-15(10-8-14)24-20-16-5-2-1-4-13(16)12-22-19(20)18(23-24)17-6-3-11-25-17/h1-12H. The molecule has 5 rings (SSSR count). The van der Waals surface area contributed by atoms with Crippen LogP contribution < -0.4 is 0 Å². The molecule has 0 radical (unpaired) electrons. The Kier molecular flexibility index (Phi) is 3.43. The minimum atomic E-state index is 0.929. The SMILES string of the molecule is Brc1ccc(-n2nc(-c3cccs3)c3ncc4ccccc4c32)cc1. The largest absolute Gasteiger partial charge is 0.252 e. The first kappa shape index (κ1) is 14.8. The lowest BCUT2D eigenvalue weighted by Crippen LogP contribution is -1.96. The van der Waals surface area contributed by atoms with Crippen LogP contribution in [-0.2, 0) is 0 Å². The van der Waals surface area contributed by atoms with E-state index in [4.69, 9.17) is 10.1 Å². The number of hydrogen-bond acceptors (Lipinski definition) is 3. The first-order valence-electron chi connectivity index (χ1n) is 7.87. The molecule has 0 atom stereocenters. The van der Waals surface area contributed by atoms with E-state index in [0.29, 0.717) is 0 Å². The van der Waals surface area contributed by atoms with Gasteiger partial charge in [0.1, 0.15) is 16.7 Å². The molecule has 5 aromatic rings. The van der Waals surface area contributed by atoms with Gasteiger partial charge < -0.3 is 0 Å². The van der Waals surface area contributed by atoms with Gasteiger partial charge in [0.15, 0.2) is 0 Å². The van der Waals surface area contributed by atoms with Crippen molar-refractivity contribution in [2.45, 2.75) is 0 Å². The van der Waals surface area contributed by atoms with E-state index in [1.165, 1.54) is 0 Å². The normalized spacial score (nSPS) is 11.4. The molecule has 3 nitrogen and oxygen atoms in total. The highest BCUT2D eigenvalue weighted by molar-refractivity contribution is 9.10.